The maximum Gasteiger partial charge on any atom is 0.124 e. The van der Waals surface area contributed by atoms with E-state index < -0.39 is 0 Å². The largest absolute Gasteiger partial charge is 0.496 e. The van der Waals surface area contributed by atoms with Crippen LogP contribution in [0.3, 0.4) is 0 Å². The molecule has 0 heterocycles. The smallest absolute Gasteiger partial charge is 0.124 e. The molecule has 2 rings (SSSR count). The van der Waals surface area contributed by atoms with E-state index in [-0.39, 0.29) is 0 Å². The Kier molecular flexibility index (Phi) is 4.87. The number of benzene rings is 2. The Morgan fingerprint density at radius 2 is 1.50 bits per heavy atom. The zero-order valence-electron chi connectivity index (χ0n) is 12.5. The summed E-state index contributed by atoms with van der Waals surface area (Å²) in [6.45, 7) is 6.45. The fourth-order valence-corrected chi connectivity index (χ4v) is 3.25. The van der Waals surface area contributed by atoms with Gasteiger partial charge in [-0.05, 0) is 42.0 Å². The number of rotatable bonds is 4. The van der Waals surface area contributed by atoms with Crippen molar-refractivity contribution in [3.8, 4) is 5.75 Å². The highest BCUT2D eigenvalue weighted by molar-refractivity contribution is 9.09. The molecule has 0 aliphatic heterocycles. The zero-order valence-corrected chi connectivity index (χ0v) is 14.1. The molecule has 0 fully saturated rings. The number of hydrogen-bond acceptors (Lipinski definition) is 1. The van der Waals surface area contributed by atoms with Gasteiger partial charge in [-0.15, -0.1) is 0 Å². The molecule has 2 aromatic rings. The molecule has 0 aromatic heterocycles. The molecule has 0 saturated carbocycles. The summed E-state index contributed by atoms with van der Waals surface area (Å²) >= 11 is 3.86. The van der Waals surface area contributed by atoms with Crippen molar-refractivity contribution >= 4 is 15.9 Å². The Morgan fingerprint density at radius 3 is 2.00 bits per heavy atom. The second-order valence-corrected chi connectivity index (χ2v) is 6.28. The molecule has 0 amide bonds. The van der Waals surface area contributed by atoms with Crippen molar-refractivity contribution in [2.45, 2.75) is 31.5 Å². The maximum atomic E-state index is 5.44. The highest BCUT2D eigenvalue weighted by atomic mass is 79.9. The summed E-state index contributed by atoms with van der Waals surface area (Å²) in [5.74, 6) is 1.41. The van der Waals surface area contributed by atoms with Gasteiger partial charge >= 0.3 is 0 Å². The molecule has 106 valence electrons. The third-order valence-electron chi connectivity index (χ3n) is 3.77. The monoisotopic (exact) mass is 332 g/mol. The Labute approximate surface area is 130 Å². The number of aryl methyl sites for hydroxylation is 2. The molecule has 20 heavy (non-hydrogen) atoms. The van der Waals surface area contributed by atoms with Crippen LogP contribution in [0.15, 0.2) is 42.5 Å². The average Bonchev–Trinajstić information content (AvgIpc) is 2.46. The van der Waals surface area contributed by atoms with E-state index in [0.717, 1.165) is 5.75 Å². The van der Waals surface area contributed by atoms with E-state index in [1.807, 2.05) is 0 Å². The van der Waals surface area contributed by atoms with Crippen LogP contribution in [0.2, 0.25) is 0 Å². The zero-order chi connectivity index (χ0) is 14.7. The van der Waals surface area contributed by atoms with Gasteiger partial charge in [-0.2, -0.15) is 0 Å². The van der Waals surface area contributed by atoms with Gasteiger partial charge in [-0.1, -0.05) is 65.3 Å². The van der Waals surface area contributed by atoms with Crippen molar-refractivity contribution in [2.24, 2.45) is 0 Å². The number of alkyl halides is 1. The topological polar surface area (TPSA) is 9.23 Å². The van der Waals surface area contributed by atoms with E-state index in [2.05, 4.69) is 79.2 Å². The highest BCUT2D eigenvalue weighted by Gasteiger charge is 2.19. The normalized spacial score (nSPS) is 13.8. The molecule has 0 bridgehead atoms. The summed E-state index contributed by atoms with van der Waals surface area (Å²) in [4.78, 5) is 0.299. The molecule has 0 aliphatic carbocycles. The van der Waals surface area contributed by atoms with E-state index in [0.29, 0.717) is 10.7 Å². The van der Waals surface area contributed by atoms with Crippen LogP contribution in [0, 0.1) is 13.8 Å². The van der Waals surface area contributed by atoms with Crippen LogP contribution in [0.1, 0.15) is 39.9 Å². The quantitative estimate of drug-likeness (QED) is 0.666. The van der Waals surface area contributed by atoms with Gasteiger partial charge in [0, 0.05) is 4.83 Å². The molecule has 1 nitrogen and oxygen atoms in total. The molecule has 2 atom stereocenters. The van der Waals surface area contributed by atoms with Crippen LogP contribution in [-0.4, -0.2) is 7.11 Å². The Bertz CT molecular complexity index is 554. The second-order valence-electron chi connectivity index (χ2n) is 5.29. The molecular formula is C18H21BrO. The molecule has 2 aromatic carbocycles. The highest BCUT2D eigenvalue weighted by Crippen LogP contribution is 2.39. The van der Waals surface area contributed by atoms with Crippen LogP contribution >= 0.6 is 15.9 Å². The minimum absolute atomic E-state index is 0.299. The van der Waals surface area contributed by atoms with Crippen LogP contribution in [0.25, 0.3) is 0 Å². The van der Waals surface area contributed by atoms with Crippen LogP contribution in [0.4, 0.5) is 0 Å². The van der Waals surface area contributed by atoms with Crippen LogP contribution in [0.5, 0.6) is 5.75 Å². The Morgan fingerprint density at radius 1 is 0.950 bits per heavy atom. The fraction of sp³-hybridized carbons (Fsp3) is 0.333. The van der Waals surface area contributed by atoms with Crippen molar-refractivity contribution < 1.29 is 4.74 Å². The van der Waals surface area contributed by atoms with Gasteiger partial charge in [-0.3, -0.25) is 0 Å². The van der Waals surface area contributed by atoms with E-state index >= 15 is 0 Å². The van der Waals surface area contributed by atoms with Gasteiger partial charge in [0.1, 0.15) is 5.75 Å². The first-order chi connectivity index (χ1) is 9.54. The summed E-state index contributed by atoms with van der Waals surface area (Å²) in [5.41, 5.74) is 5.03. The maximum absolute atomic E-state index is 5.44. The van der Waals surface area contributed by atoms with Crippen LogP contribution in [-0.2, 0) is 0 Å². The average molecular weight is 333 g/mol. The molecule has 0 spiro atoms. The van der Waals surface area contributed by atoms with Gasteiger partial charge < -0.3 is 4.74 Å². The lowest BCUT2D eigenvalue weighted by molar-refractivity contribution is 0.408. The molecule has 2 heteroatoms. The molecule has 0 aliphatic rings. The number of ether oxygens (including phenoxy) is 1. The van der Waals surface area contributed by atoms with Crippen molar-refractivity contribution in [1.82, 2.24) is 0 Å². The lowest BCUT2D eigenvalue weighted by Crippen LogP contribution is -2.03. The first kappa shape index (κ1) is 15.1. The van der Waals surface area contributed by atoms with E-state index in [1.165, 1.54) is 22.3 Å². The fourth-order valence-electron chi connectivity index (χ4n) is 2.68. The standard InChI is InChI=1S/C18H21BrO/c1-12-10-16(11-13(2)18(12)20-4)17(19)14(3)15-8-6-5-7-9-15/h5-11,14,17H,1-4H3. The minimum Gasteiger partial charge on any atom is -0.496 e. The summed E-state index contributed by atoms with van der Waals surface area (Å²) < 4.78 is 5.44. The first-order valence-electron chi connectivity index (χ1n) is 6.88. The molecule has 0 radical (unpaired) electrons. The predicted molar refractivity (Wildman–Crippen MR) is 89.0 cm³/mol. The first-order valence-corrected chi connectivity index (χ1v) is 7.80. The third-order valence-corrected chi connectivity index (χ3v) is 5.09. The van der Waals surface area contributed by atoms with Crippen LogP contribution < -0.4 is 4.74 Å². The van der Waals surface area contributed by atoms with Crippen molar-refractivity contribution in [3.05, 3.63) is 64.7 Å². The summed E-state index contributed by atoms with van der Waals surface area (Å²) in [5, 5.41) is 0. The van der Waals surface area contributed by atoms with Gasteiger partial charge in [0.05, 0.1) is 7.11 Å². The number of methoxy groups -OCH3 is 1. The van der Waals surface area contributed by atoms with Gasteiger partial charge in [-0.25, -0.2) is 0 Å². The van der Waals surface area contributed by atoms with Crippen molar-refractivity contribution in [1.29, 1.82) is 0 Å². The third kappa shape index (κ3) is 3.06. The molecule has 0 saturated heterocycles. The van der Waals surface area contributed by atoms with Crippen molar-refractivity contribution in [2.75, 3.05) is 7.11 Å². The van der Waals surface area contributed by atoms with E-state index in [9.17, 15) is 0 Å². The SMILES string of the molecule is COc1c(C)cc(C(Br)C(C)c2ccccc2)cc1C. The van der Waals surface area contributed by atoms with E-state index in [1.54, 1.807) is 7.11 Å². The second kappa shape index (κ2) is 6.45. The summed E-state index contributed by atoms with van der Waals surface area (Å²) in [6, 6.07) is 15.0. The van der Waals surface area contributed by atoms with Gasteiger partial charge in [0.15, 0.2) is 0 Å². The predicted octanol–water partition coefficient (Wildman–Crippen LogP) is 5.55. The molecule has 2 unspecified atom stereocenters. The number of halogens is 1. The molecular weight excluding hydrogens is 312 g/mol. The van der Waals surface area contributed by atoms with E-state index in [4.69, 9.17) is 4.74 Å². The van der Waals surface area contributed by atoms with Gasteiger partial charge in [0.25, 0.3) is 0 Å². The summed E-state index contributed by atoms with van der Waals surface area (Å²) in [6.07, 6.45) is 0. The Balaban J connectivity index is 2.32. The number of hydrogen-bond donors (Lipinski definition) is 0. The minimum atomic E-state index is 0.299. The van der Waals surface area contributed by atoms with Gasteiger partial charge in [0.2, 0.25) is 0 Å². The lowest BCUT2D eigenvalue weighted by atomic mass is 9.92. The summed E-state index contributed by atoms with van der Waals surface area (Å²) in [7, 11) is 1.73. The Hall–Kier alpha value is -1.28. The van der Waals surface area contributed by atoms with Crippen molar-refractivity contribution in [3.63, 3.8) is 0 Å². The lowest BCUT2D eigenvalue weighted by Gasteiger charge is -2.21. The molecule has 0 N–H and O–H groups in total.